The van der Waals surface area contributed by atoms with Crippen molar-refractivity contribution < 1.29 is 9.18 Å². The van der Waals surface area contributed by atoms with E-state index in [9.17, 15) is 14.0 Å². The Hall–Kier alpha value is -3.17. The van der Waals surface area contributed by atoms with Gasteiger partial charge in [0.15, 0.2) is 10.7 Å². The summed E-state index contributed by atoms with van der Waals surface area (Å²) in [5, 5.41) is 8.25. The number of carbonyl (C=O) groups excluding carboxylic acids is 1. The van der Waals surface area contributed by atoms with Crippen molar-refractivity contribution in [3.05, 3.63) is 86.5 Å². The van der Waals surface area contributed by atoms with Crippen LogP contribution in [0.25, 0.3) is 11.0 Å². The number of amides is 1. The van der Waals surface area contributed by atoms with Crippen LogP contribution in [0.1, 0.15) is 23.7 Å². The Labute approximate surface area is 205 Å². The maximum Gasteiger partial charge on any atom is 0.280 e. The average Bonchev–Trinajstić information content (AvgIpc) is 3.16. The second kappa shape index (κ2) is 10.4. The smallest absolute Gasteiger partial charge is 0.280 e. The largest absolute Gasteiger partial charge is 0.351 e. The van der Waals surface area contributed by atoms with E-state index in [4.69, 9.17) is 11.6 Å². The van der Waals surface area contributed by atoms with Crippen molar-refractivity contribution in [3.8, 4) is 0 Å². The van der Waals surface area contributed by atoms with E-state index >= 15 is 0 Å². The van der Waals surface area contributed by atoms with E-state index in [0.717, 1.165) is 11.1 Å². The second-order valence-electron chi connectivity index (χ2n) is 7.67. The zero-order valence-electron chi connectivity index (χ0n) is 18.7. The van der Waals surface area contributed by atoms with Gasteiger partial charge in [0.1, 0.15) is 11.3 Å². The maximum absolute atomic E-state index is 13.5. The van der Waals surface area contributed by atoms with Gasteiger partial charge in [0.05, 0.1) is 18.0 Å². The van der Waals surface area contributed by atoms with Crippen LogP contribution in [0.2, 0.25) is 5.02 Å². The fourth-order valence-corrected chi connectivity index (χ4v) is 4.58. The minimum atomic E-state index is -0.353. The summed E-state index contributed by atoms with van der Waals surface area (Å²) >= 11 is 7.32. The van der Waals surface area contributed by atoms with Gasteiger partial charge in [-0.1, -0.05) is 53.7 Å². The maximum atomic E-state index is 13.5. The number of fused-ring (bicyclic) bond motifs is 1. The molecule has 0 aliphatic carbocycles. The lowest BCUT2D eigenvalue weighted by atomic mass is 10.2. The molecule has 0 saturated heterocycles. The SMILES string of the molecule is CCn1nc(C)c2nc(SCC(=O)NCc3ccccc3Cl)n(Cc3ccc(F)cc3)c(=O)c21. The van der Waals surface area contributed by atoms with E-state index in [0.29, 0.717) is 40.0 Å². The molecule has 4 rings (SSSR count). The minimum Gasteiger partial charge on any atom is -0.351 e. The summed E-state index contributed by atoms with van der Waals surface area (Å²) in [4.78, 5) is 30.7. The summed E-state index contributed by atoms with van der Waals surface area (Å²) in [5.74, 6) is -0.505. The van der Waals surface area contributed by atoms with Crippen LogP contribution in [0.3, 0.4) is 0 Å². The van der Waals surface area contributed by atoms with Crippen LogP contribution in [0.15, 0.2) is 58.5 Å². The quantitative estimate of drug-likeness (QED) is 0.290. The van der Waals surface area contributed by atoms with Gasteiger partial charge in [-0.15, -0.1) is 0 Å². The molecule has 0 spiro atoms. The molecule has 1 amide bonds. The number of nitrogens with one attached hydrogen (secondary N) is 1. The number of aromatic nitrogens is 4. The summed E-state index contributed by atoms with van der Waals surface area (Å²) in [5.41, 5.74) is 2.88. The van der Waals surface area contributed by atoms with E-state index in [-0.39, 0.29) is 29.6 Å². The first kappa shape index (κ1) is 24.0. The fraction of sp³-hybridized carbons (Fsp3) is 0.250. The molecular weight excluding hydrogens is 477 g/mol. The van der Waals surface area contributed by atoms with Crippen molar-refractivity contribution in [3.63, 3.8) is 0 Å². The van der Waals surface area contributed by atoms with Crippen molar-refractivity contribution >= 4 is 40.3 Å². The fourth-order valence-electron chi connectivity index (χ4n) is 3.56. The molecule has 2 aromatic heterocycles. The zero-order chi connectivity index (χ0) is 24.2. The lowest BCUT2D eigenvalue weighted by Gasteiger charge is -2.13. The van der Waals surface area contributed by atoms with Gasteiger partial charge in [0.25, 0.3) is 5.56 Å². The number of rotatable bonds is 8. The van der Waals surface area contributed by atoms with Gasteiger partial charge in [-0.3, -0.25) is 18.8 Å². The monoisotopic (exact) mass is 499 g/mol. The van der Waals surface area contributed by atoms with E-state index in [1.54, 1.807) is 29.8 Å². The van der Waals surface area contributed by atoms with Gasteiger partial charge < -0.3 is 5.32 Å². The number of nitrogens with zero attached hydrogens (tertiary/aromatic N) is 4. The number of aryl methyl sites for hydroxylation is 2. The lowest BCUT2D eigenvalue weighted by Crippen LogP contribution is -2.28. The second-order valence-corrected chi connectivity index (χ2v) is 9.02. The van der Waals surface area contributed by atoms with Crippen LogP contribution in [0, 0.1) is 12.7 Å². The summed E-state index contributed by atoms with van der Waals surface area (Å²) in [6.07, 6.45) is 0. The zero-order valence-corrected chi connectivity index (χ0v) is 20.3. The first-order chi connectivity index (χ1) is 16.4. The van der Waals surface area contributed by atoms with E-state index in [1.807, 2.05) is 25.1 Å². The van der Waals surface area contributed by atoms with E-state index in [2.05, 4.69) is 15.4 Å². The highest BCUT2D eigenvalue weighted by Gasteiger charge is 2.19. The normalized spacial score (nSPS) is 11.2. The Morgan fingerprint density at radius 1 is 1.18 bits per heavy atom. The van der Waals surface area contributed by atoms with Gasteiger partial charge in [-0.25, -0.2) is 9.37 Å². The van der Waals surface area contributed by atoms with Gasteiger partial charge in [0.2, 0.25) is 5.91 Å². The predicted octanol–water partition coefficient (Wildman–Crippen LogP) is 4.17. The number of thioether (sulfide) groups is 1. The molecule has 1 N–H and O–H groups in total. The molecule has 0 fully saturated rings. The molecule has 0 radical (unpaired) electrons. The molecule has 10 heteroatoms. The number of benzene rings is 2. The topological polar surface area (TPSA) is 81.8 Å². The molecule has 0 saturated carbocycles. The predicted molar refractivity (Wildman–Crippen MR) is 132 cm³/mol. The first-order valence-corrected chi connectivity index (χ1v) is 12.1. The standard InChI is InChI=1S/C24H23ClFN5O2S/c1-3-31-22-21(15(2)29-31)28-24(30(23(22)33)13-16-8-10-18(26)11-9-16)34-14-20(32)27-12-17-6-4-5-7-19(17)25/h4-11H,3,12-14H2,1-2H3,(H,27,32). The molecule has 4 aromatic rings. The highest BCUT2D eigenvalue weighted by Crippen LogP contribution is 2.21. The number of carbonyl (C=O) groups is 1. The van der Waals surface area contributed by atoms with Crippen LogP contribution in [-0.4, -0.2) is 31.0 Å². The summed E-state index contributed by atoms with van der Waals surface area (Å²) in [7, 11) is 0. The van der Waals surface area contributed by atoms with Gasteiger partial charge in [0, 0.05) is 18.1 Å². The highest BCUT2D eigenvalue weighted by molar-refractivity contribution is 7.99. The van der Waals surface area contributed by atoms with Crippen molar-refractivity contribution in [1.29, 1.82) is 0 Å². The molecular formula is C24H23ClFN5O2S. The third-order valence-corrected chi connectivity index (χ3v) is 6.65. The minimum absolute atomic E-state index is 0.0623. The van der Waals surface area contributed by atoms with Crippen molar-refractivity contribution in [2.45, 2.75) is 38.6 Å². The van der Waals surface area contributed by atoms with Crippen LogP contribution >= 0.6 is 23.4 Å². The van der Waals surface area contributed by atoms with Crippen LogP contribution < -0.4 is 10.9 Å². The summed E-state index contributed by atoms with van der Waals surface area (Å²) in [6, 6.07) is 13.2. The van der Waals surface area contributed by atoms with Crippen LogP contribution in [0.5, 0.6) is 0 Å². The Morgan fingerprint density at radius 2 is 1.91 bits per heavy atom. The molecule has 2 heterocycles. The van der Waals surface area contributed by atoms with Gasteiger partial charge >= 0.3 is 0 Å². The van der Waals surface area contributed by atoms with E-state index in [1.165, 1.54) is 28.5 Å². The van der Waals surface area contributed by atoms with Crippen molar-refractivity contribution in [2.75, 3.05) is 5.75 Å². The lowest BCUT2D eigenvalue weighted by molar-refractivity contribution is -0.118. The van der Waals surface area contributed by atoms with Gasteiger partial charge in [-0.05, 0) is 43.2 Å². The first-order valence-electron chi connectivity index (χ1n) is 10.7. The van der Waals surface area contributed by atoms with Crippen molar-refractivity contribution in [2.24, 2.45) is 0 Å². The third-order valence-electron chi connectivity index (χ3n) is 5.30. The molecule has 0 unspecified atom stereocenters. The van der Waals surface area contributed by atoms with Crippen molar-refractivity contribution in [1.82, 2.24) is 24.6 Å². The molecule has 34 heavy (non-hydrogen) atoms. The molecule has 2 aromatic carbocycles. The summed E-state index contributed by atoms with van der Waals surface area (Å²) < 4.78 is 16.5. The van der Waals surface area contributed by atoms with Crippen LogP contribution in [0.4, 0.5) is 4.39 Å². The van der Waals surface area contributed by atoms with E-state index < -0.39 is 0 Å². The molecule has 0 bridgehead atoms. The average molecular weight is 500 g/mol. The Kier molecular flexibility index (Phi) is 7.33. The van der Waals surface area contributed by atoms with Crippen LogP contribution in [-0.2, 0) is 24.4 Å². The molecule has 0 aliphatic heterocycles. The summed E-state index contributed by atoms with van der Waals surface area (Å²) in [6.45, 7) is 4.72. The molecule has 0 atom stereocenters. The Morgan fingerprint density at radius 3 is 2.62 bits per heavy atom. The third kappa shape index (κ3) is 5.15. The molecule has 0 aliphatic rings. The number of hydrogen-bond donors (Lipinski definition) is 1. The number of hydrogen-bond acceptors (Lipinski definition) is 5. The molecule has 7 nitrogen and oxygen atoms in total. The van der Waals surface area contributed by atoms with Gasteiger partial charge in [-0.2, -0.15) is 5.10 Å². The Balaban J connectivity index is 1.61. The highest BCUT2D eigenvalue weighted by atomic mass is 35.5. The Bertz CT molecular complexity index is 1400. The number of halogens is 2. The molecule has 176 valence electrons.